The number of ketones is 1. The summed E-state index contributed by atoms with van der Waals surface area (Å²) in [5.41, 5.74) is 1.66. The van der Waals surface area contributed by atoms with Crippen LogP contribution in [0.2, 0.25) is 0 Å². The Hall–Kier alpha value is -1.42. The zero-order valence-corrected chi connectivity index (χ0v) is 15.1. The van der Waals surface area contributed by atoms with E-state index in [2.05, 4.69) is 6.92 Å². The molecule has 0 saturated heterocycles. The van der Waals surface area contributed by atoms with Crippen LogP contribution in [0.25, 0.3) is 0 Å². The maximum Gasteiger partial charge on any atom is 0.334 e. The van der Waals surface area contributed by atoms with Crippen LogP contribution in [-0.4, -0.2) is 29.6 Å². The smallest absolute Gasteiger partial charge is 0.334 e. The molecule has 0 bridgehead atoms. The monoisotopic (exact) mass is 332 g/mol. The summed E-state index contributed by atoms with van der Waals surface area (Å²) < 4.78 is 5.28. The lowest BCUT2D eigenvalue weighted by molar-refractivity contribution is -0.140. The first-order valence-electron chi connectivity index (χ1n) is 9.14. The third-order valence-electron chi connectivity index (χ3n) is 6.25. The number of Topliss-reactive ketones (excluding diaryl/α,β-unsaturated/α-hetero) is 1. The Morgan fingerprint density at radius 1 is 1.38 bits per heavy atom. The van der Waals surface area contributed by atoms with E-state index in [0.717, 1.165) is 24.8 Å². The van der Waals surface area contributed by atoms with Crippen LogP contribution in [0.1, 0.15) is 53.4 Å². The minimum atomic E-state index is -0.674. The molecule has 0 amide bonds. The molecule has 0 spiro atoms. The first-order chi connectivity index (χ1) is 11.3. The molecule has 5 atom stereocenters. The third kappa shape index (κ3) is 2.55. The molecule has 4 heteroatoms. The van der Waals surface area contributed by atoms with Crippen LogP contribution in [0.15, 0.2) is 22.8 Å². The Kier molecular flexibility index (Phi) is 4.45. The summed E-state index contributed by atoms with van der Waals surface area (Å²) >= 11 is 0. The number of hydrogen-bond acceptors (Lipinski definition) is 4. The quantitative estimate of drug-likeness (QED) is 0.623. The van der Waals surface area contributed by atoms with Crippen LogP contribution >= 0.6 is 0 Å². The molecule has 0 aromatic heterocycles. The van der Waals surface area contributed by atoms with E-state index < -0.39 is 11.5 Å². The van der Waals surface area contributed by atoms with Crippen molar-refractivity contribution in [3.05, 3.63) is 22.8 Å². The van der Waals surface area contributed by atoms with Crippen molar-refractivity contribution in [3.63, 3.8) is 0 Å². The van der Waals surface area contributed by atoms with Crippen molar-refractivity contribution in [2.45, 2.75) is 59.5 Å². The number of aliphatic hydroxyl groups excluding tert-OH is 1. The molecule has 4 nitrogen and oxygen atoms in total. The number of rotatable bonds is 2. The molecule has 3 rings (SSSR count). The Balaban J connectivity index is 2.16. The molecule has 0 aliphatic heterocycles. The summed E-state index contributed by atoms with van der Waals surface area (Å²) in [6, 6.07) is 0. The molecule has 0 aromatic rings. The Bertz CT molecular complexity index is 630. The van der Waals surface area contributed by atoms with Gasteiger partial charge in [-0.2, -0.15) is 0 Å². The van der Waals surface area contributed by atoms with Crippen LogP contribution in [-0.2, 0) is 14.3 Å². The Morgan fingerprint density at radius 2 is 2.08 bits per heavy atom. The molecule has 0 unspecified atom stereocenters. The fourth-order valence-corrected chi connectivity index (χ4v) is 4.91. The van der Waals surface area contributed by atoms with E-state index in [1.54, 1.807) is 6.92 Å². The first-order valence-corrected chi connectivity index (χ1v) is 9.14. The van der Waals surface area contributed by atoms with E-state index in [9.17, 15) is 14.7 Å². The molecule has 24 heavy (non-hydrogen) atoms. The molecule has 0 aromatic carbocycles. The molecular weight excluding hydrogens is 304 g/mol. The van der Waals surface area contributed by atoms with Gasteiger partial charge in [0, 0.05) is 11.1 Å². The summed E-state index contributed by atoms with van der Waals surface area (Å²) in [7, 11) is 0. The third-order valence-corrected chi connectivity index (χ3v) is 6.25. The van der Waals surface area contributed by atoms with E-state index in [0.29, 0.717) is 30.1 Å². The van der Waals surface area contributed by atoms with E-state index in [-0.39, 0.29) is 23.6 Å². The maximum atomic E-state index is 13.5. The Morgan fingerprint density at radius 3 is 2.75 bits per heavy atom. The van der Waals surface area contributed by atoms with Gasteiger partial charge in [0.25, 0.3) is 0 Å². The van der Waals surface area contributed by atoms with Crippen molar-refractivity contribution in [3.8, 4) is 0 Å². The van der Waals surface area contributed by atoms with Gasteiger partial charge in [-0.25, -0.2) is 4.79 Å². The van der Waals surface area contributed by atoms with Gasteiger partial charge in [-0.3, -0.25) is 4.79 Å². The van der Waals surface area contributed by atoms with Gasteiger partial charge in [0.1, 0.15) is 0 Å². The molecule has 3 aliphatic carbocycles. The van der Waals surface area contributed by atoms with Gasteiger partial charge >= 0.3 is 5.97 Å². The van der Waals surface area contributed by atoms with E-state index >= 15 is 0 Å². The normalized spacial score (nSPS) is 39.0. The van der Waals surface area contributed by atoms with Crippen molar-refractivity contribution in [2.75, 3.05) is 6.61 Å². The number of esters is 1. The molecule has 1 saturated carbocycles. The highest BCUT2D eigenvalue weighted by Crippen LogP contribution is 2.53. The summed E-state index contributed by atoms with van der Waals surface area (Å²) in [5.74, 6) is 0.161. The fraction of sp³-hybridized carbons (Fsp3) is 0.700. The van der Waals surface area contributed by atoms with Crippen molar-refractivity contribution in [1.29, 1.82) is 0 Å². The lowest BCUT2D eigenvalue weighted by Gasteiger charge is -2.34. The average Bonchev–Trinajstić information content (AvgIpc) is 2.77. The Labute approximate surface area is 144 Å². The van der Waals surface area contributed by atoms with Crippen LogP contribution in [0.3, 0.4) is 0 Å². The summed E-state index contributed by atoms with van der Waals surface area (Å²) in [6.45, 7) is 8.22. The molecule has 1 N–H and O–H groups in total. The average molecular weight is 332 g/mol. The van der Waals surface area contributed by atoms with Gasteiger partial charge in [-0.15, -0.1) is 0 Å². The van der Waals surface area contributed by atoms with E-state index in [4.69, 9.17) is 4.74 Å². The topological polar surface area (TPSA) is 63.6 Å². The zero-order valence-electron chi connectivity index (χ0n) is 15.1. The fourth-order valence-electron chi connectivity index (χ4n) is 4.91. The molecule has 0 heterocycles. The number of carbonyl (C=O) groups excluding carboxylic acids is 2. The van der Waals surface area contributed by atoms with Gasteiger partial charge in [-0.05, 0) is 57.3 Å². The van der Waals surface area contributed by atoms with Gasteiger partial charge in [0.2, 0.25) is 0 Å². The van der Waals surface area contributed by atoms with Gasteiger partial charge < -0.3 is 9.84 Å². The summed E-state index contributed by atoms with van der Waals surface area (Å²) in [6.07, 6.45) is 4.40. The highest BCUT2D eigenvalue weighted by molar-refractivity contribution is 6.09. The largest absolute Gasteiger partial charge is 0.463 e. The molecule has 0 radical (unpaired) electrons. The lowest BCUT2D eigenvalue weighted by Crippen LogP contribution is -2.35. The van der Waals surface area contributed by atoms with Crippen LogP contribution in [0.4, 0.5) is 0 Å². The second-order valence-electron chi connectivity index (χ2n) is 7.94. The first kappa shape index (κ1) is 17.4. The maximum absolute atomic E-state index is 13.5. The van der Waals surface area contributed by atoms with Crippen LogP contribution in [0.5, 0.6) is 0 Å². The van der Waals surface area contributed by atoms with Crippen LogP contribution < -0.4 is 0 Å². The number of ether oxygens (including phenoxy) is 1. The standard InChI is InChI=1S/C20H28O4/c1-5-24-19(23)16-11(2)6-7-15-12(3)8-13-9-14(21)10-20(13,4)18(22)17(15)16/h9,11-12,14-15,21H,5-8,10H2,1-4H3/t11-,12-,14-,15+,20-/m0/s1. The van der Waals surface area contributed by atoms with Crippen molar-refractivity contribution < 1.29 is 19.4 Å². The number of carbonyl (C=O) groups is 2. The second kappa shape index (κ2) is 6.14. The number of hydrogen-bond donors (Lipinski definition) is 1. The summed E-state index contributed by atoms with van der Waals surface area (Å²) in [4.78, 5) is 26.1. The predicted molar refractivity (Wildman–Crippen MR) is 91.1 cm³/mol. The van der Waals surface area contributed by atoms with Crippen molar-refractivity contribution in [2.24, 2.45) is 23.2 Å². The highest BCUT2D eigenvalue weighted by Gasteiger charge is 2.51. The van der Waals surface area contributed by atoms with Gasteiger partial charge in [-0.1, -0.05) is 25.5 Å². The van der Waals surface area contributed by atoms with Crippen molar-refractivity contribution >= 4 is 11.8 Å². The predicted octanol–water partition coefficient (Wildman–Crippen LogP) is 3.20. The molecule has 3 aliphatic rings. The second-order valence-corrected chi connectivity index (χ2v) is 7.94. The minimum Gasteiger partial charge on any atom is -0.463 e. The highest BCUT2D eigenvalue weighted by atomic mass is 16.5. The zero-order chi connectivity index (χ0) is 17.6. The lowest BCUT2D eigenvalue weighted by atomic mass is 9.69. The van der Waals surface area contributed by atoms with E-state index in [1.807, 2.05) is 19.9 Å². The van der Waals surface area contributed by atoms with Crippen LogP contribution in [0, 0.1) is 23.2 Å². The molecule has 1 fully saturated rings. The SMILES string of the molecule is CCOC(=O)C1=C2C(=O)[C@@]3(C)C[C@@H](O)C=C3C[C@H](C)[C@H]2CC[C@@H]1C. The number of aliphatic hydroxyl groups is 1. The minimum absolute atomic E-state index is 0.0363. The number of allylic oxidation sites excluding steroid dienone is 2. The number of fused-ring (bicyclic) bond motifs is 2. The van der Waals surface area contributed by atoms with Crippen molar-refractivity contribution in [1.82, 2.24) is 0 Å². The summed E-state index contributed by atoms with van der Waals surface area (Å²) in [5, 5.41) is 10.1. The molecule has 132 valence electrons. The van der Waals surface area contributed by atoms with Gasteiger partial charge in [0.15, 0.2) is 5.78 Å². The van der Waals surface area contributed by atoms with Gasteiger partial charge in [0.05, 0.1) is 18.1 Å². The van der Waals surface area contributed by atoms with E-state index in [1.165, 1.54) is 0 Å². The molecular formula is C20H28O4.